The van der Waals surface area contributed by atoms with Gasteiger partial charge in [-0.25, -0.2) is 0 Å². The zero-order valence-corrected chi connectivity index (χ0v) is 14.6. The largest absolute Gasteiger partial charge is 0.504 e. The topological polar surface area (TPSA) is 75.4 Å². The molecule has 0 radical (unpaired) electrons. The van der Waals surface area contributed by atoms with Gasteiger partial charge >= 0.3 is 0 Å². The molecule has 0 amide bonds. The minimum absolute atomic E-state index is 0.0809. The molecule has 0 aliphatic heterocycles. The predicted octanol–water partition coefficient (Wildman–Crippen LogP) is 3.97. The maximum Gasteiger partial charge on any atom is 0.216 e. The first-order chi connectivity index (χ1) is 11.7. The third-order valence-corrected chi connectivity index (χ3v) is 4.55. The lowest BCUT2D eigenvalue weighted by Gasteiger charge is -2.19. The van der Waals surface area contributed by atoms with Crippen LogP contribution in [0.25, 0.3) is 0 Å². The number of H-pyrrole nitrogens is 1. The molecule has 0 saturated heterocycles. The zero-order valence-electron chi connectivity index (χ0n) is 13.7. The molecule has 0 unspecified atom stereocenters. The normalized spacial score (nSPS) is 15.9. The van der Waals surface area contributed by atoms with Crippen molar-refractivity contribution in [1.82, 2.24) is 14.9 Å². The van der Waals surface area contributed by atoms with Crippen LogP contribution in [0.1, 0.15) is 56.3 Å². The summed E-state index contributed by atoms with van der Waals surface area (Å²) in [5.74, 6) is 1.78. The molecule has 1 aromatic carbocycles. The number of phenolic OH excluding ortho intramolecular Hbond substituents is 1. The van der Waals surface area contributed by atoms with Crippen LogP contribution in [0.2, 0.25) is 0 Å². The Kier molecular flexibility index (Phi) is 5.30. The van der Waals surface area contributed by atoms with Gasteiger partial charge in [-0.3, -0.25) is 5.10 Å². The fourth-order valence-electron chi connectivity index (χ4n) is 3.08. The molecule has 6 nitrogen and oxygen atoms in total. The van der Waals surface area contributed by atoms with Crippen molar-refractivity contribution >= 4 is 18.4 Å². The Balaban J connectivity index is 1.89. The van der Waals surface area contributed by atoms with Crippen molar-refractivity contribution in [2.75, 3.05) is 6.61 Å². The van der Waals surface area contributed by atoms with E-state index in [2.05, 4.69) is 15.3 Å². The smallest absolute Gasteiger partial charge is 0.216 e. The molecule has 0 atom stereocenters. The summed E-state index contributed by atoms with van der Waals surface area (Å²) < 4.78 is 7.53. The van der Waals surface area contributed by atoms with E-state index in [9.17, 15) is 5.11 Å². The first-order valence-electron chi connectivity index (χ1n) is 8.37. The summed E-state index contributed by atoms with van der Waals surface area (Å²) >= 11 is 5.30. The van der Waals surface area contributed by atoms with E-state index >= 15 is 0 Å². The lowest BCUT2D eigenvalue weighted by atomic mass is 9.89. The van der Waals surface area contributed by atoms with Crippen molar-refractivity contribution in [3.8, 4) is 11.5 Å². The first kappa shape index (κ1) is 16.7. The molecular formula is C17H22N4O2S. The number of hydrogen-bond acceptors (Lipinski definition) is 5. The van der Waals surface area contributed by atoms with Gasteiger partial charge in [0.1, 0.15) is 0 Å². The summed E-state index contributed by atoms with van der Waals surface area (Å²) in [5, 5.41) is 21.9. The van der Waals surface area contributed by atoms with Crippen molar-refractivity contribution in [2.24, 2.45) is 5.10 Å². The molecule has 1 fully saturated rings. The van der Waals surface area contributed by atoms with Gasteiger partial charge in [-0.15, -0.1) is 0 Å². The summed E-state index contributed by atoms with van der Waals surface area (Å²) in [6, 6.07) is 5.33. The van der Waals surface area contributed by atoms with Gasteiger partial charge in [-0.2, -0.15) is 14.9 Å². The standard InChI is InChI=1S/C17H22N4O2S/c1-2-23-14-10-6-9-13(15(14)22)11-18-21-16(19-20-17(21)24)12-7-4-3-5-8-12/h6,9-12,22H,2-5,7-8H2,1H3,(H,20,24)/b18-11+. The molecule has 1 aromatic heterocycles. The van der Waals surface area contributed by atoms with Gasteiger partial charge in [0, 0.05) is 11.5 Å². The number of nitrogens with zero attached hydrogens (tertiary/aromatic N) is 3. The summed E-state index contributed by atoms with van der Waals surface area (Å²) in [7, 11) is 0. The summed E-state index contributed by atoms with van der Waals surface area (Å²) in [4.78, 5) is 0. The molecule has 3 rings (SSSR count). The van der Waals surface area contributed by atoms with Gasteiger partial charge in [0.25, 0.3) is 0 Å². The van der Waals surface area contributed by atoms with Gasteiger partial charge in [0.15, 0.2) is 17.3 Å². The van der Waals surface area contributed by atoms with Crippen LogP contribution in [-0.2, 0) is 0 Å². The monoisotopic (exact) mass is 346 g/mol. The highest BCUT2D eigenvalue weighted by Gasteiger charge is 2.21. The summed E-state index contributed by atoms with van der Waals surface area (Å²) in [6.07, 6.45) is 7.52. The minimum atomic E-state index is 0.0809. The van der Waals surface area contributed by atoms with Gasteiger partial charge < -0.3 is 9.84 Å². The molecule has 1 aliphatic carbocycles. The first-order valence-corrected chi connectivity index (χ1v) is 8.78. The maximum atomic E-state index is 10.3. The fraction of sp³-hybridized carbons (Fsp3) is 0.471. The van der Waals surface area contributed by atoms with Gasteiger partial charge in [-0.05, 0) is 44.1 Å². The van der Waals surface area contributed by atoms with Crippen LogP contribution < -0.4 is 4.74 Å². The Morgan fingerprint density at radius 3 is 2.96 bits per heavy atom. The van der Waals surface area contributed by atoms with Crippen LogP contribution in [0.4, 0.5) is 0 Å². The van der Waals surface area contributed by atoms with Crippen LogP contribution >= 0.6 is 12.2 Å². The third kappa shape index (κ3) is 3.51. The van der Waals surface area contributed by atoms with E-state index in [0.717, 1.165) is 18.7 Å². The van der Waals surface area contributed by atoms with E-state index in [1.165, 1.54) is 19.3 Å². The average molecular weight is 346 g/mol. The van der Waals surface area contributed by atoms with Crippen LogP contribution in [0, 0.1) is 4.77 Å². The highest BCUT2D eigenvalue weighted by atomic mass is 32.1. The van der Waals surface area contributed by atoms with E-state index in [0.29, 0.717) is 28.6 Å². The lowest BCUT2D eigenvalue weighted by molar-refractivity contribution is 0.318. The van der Waals surface area contributed by atoms with E-state index in [4.69, 9.17) is 17.0 Å². The zero-order chi connectivity index (χ0) is 16.9. The van der Waals surface area contributed by atoms with E-state index in [-0.39, 0.29) is 5.75 Å². The second kappa shape index (κ2) is 7.61. The highest BCUT2D eigenvalue weighted by Crippen LogP contribution is 2.32. The van der Waals surface area contributed by atoms with Crippen molar-refractivity contribution in [1.29, 1.82) is 0 Å². The lowest BCUT2D eigenvalue weighted by Crippen LogP contribution is -2.10. The van der Waals surface area contributed by atoms with E-state index < -0.39 is 0 Å². The number of phenols is 1. The quantitative estimate of drug-likeness (QED) is 0.634. The highest BCUT2D eigenvalue weighted by molar-refractivity contribution is 7.71. The number of aromatic nitrogens is 3. The Bertz CT molecular complexity index is 775. The Morgan fingerprint density at radius 1 is 1.42 bits per heavy atom. The average Bonchev–Trinajstić information content (AvgIpc) is 2.97. The molecule has 0 bridgehead atoms. The third-order valence-electron chi connectivity index (χ3n) is 4.29. The number of nitrogens with one attached hydrogen (secondary N) is 1. The molecule has 24 heavy (non-hydrogen) atoms. The van der Waals surface area contributed by atoms with E-state index in [1.807, 2.05) is 13.0 Å². The van der Waals surface area contributed by atoms with Crippen molar-refractivity contribution < 1.29 is 9.84 Å². The number of aromatic amines is 1. The molecule has 2 aromatic rings. The molecule has 128 valence electrons. The molecule has 1 aliphatic rings. The van der Waals surface area contributed by atoms with Crippen LogP contribution in [-0.4, -0.2) is 32.8 Å². The Labute approximate surface area is 146 Å². The Hall–Kier alpha value is -2.15. The summed E-state index contributed by atoms with van der Waals surface area (Å²) in [6.45, 7) is 2.37. The molecule has 1 saturated carbocycles. The van der Waals surface area contributed by atoms with Crippen molar-refractivity contribution in [3.63, 3.8) is 0 Å². The number of benzene rings is 1. The minimum Gasteiger partial charge on any atom is -0.504 e. The van der Waals surface area contributed by atoms with Crippen LogP contribution in [0.15, 0.2) is 23.3 Å². The van der Waals surface area contributed by atoms with Crippen LogP contribution in [0.3, 0.4) is 0 Å². The maximum absolute atomic E-state index is 10.3. The van der Waals surface area contributed by atoms with Crippen LogP contribution in [0.5, 0.6) is 11.5 Å². The second-order valence-corrected chi connectivity index (χ2v) is 6.29. The number of hydrogen-bond donors (Lipinski definition) is 2. The van der Waals surface area contributed by atoms with Gasteiger partial charge in [0.2, 0.25) is 4.77 Å². The number of rotatable bonds is 5. The Morgan fingerprint density at radius 2 is 2.21 bits per heavy atom. The molecule has 1 heterocycles. The van der Waals surface area contributed by atoms with Crippen molar-refractivity contribution in [2.45, 2.75) is 44.9 Å². The van der Waals surface area contributed by atoms with Gasteiger partial charge in [0.05, 0.1) is 12.8 Å². The predicted molar refractivity (Wildman–Crippen MR) is 95.5 cm³/mol. The molecule has 0 spiro atoms. The fourth-order valence-corrected chi connectivity index (χ4v) is 3.26. The van der Waals surface area contributed by atoms with Gasteiger partial charge in [-0.1, -0.05) is 25.3 Å². The van der Waals surface area contributed by atoms with Crippen molar-refractivity contribution in [3.05, 3.63) is 34.4 Å². The second-order valence-electron chi connectivity index (χ2n) is 5.91. The van der Waals surface area contributed by atoms with E-state index in [1.54, 1.807) is 23.0 Å². The molecular weight excluding hydrogens is 324 g/mol. The summed E-state index contributed by atoms with van der Waals surface area (Å²) in [5.41, 5.74) is 0.582. The molecule has 7 heteroatoms. The number of aromatic hydroxyl groups is 1. The number of ether oxygens (including phenoxy) is 1. The SMILES string of the molecule is CCOc1cccc(/C=N/n2c(C3CCCCC3)n[nH]c2=S)c1O. The molecule has 2 N–H and O–H groups in total. The number of para-hydroxylation sites is 1.